The molecule has 0 radical (unpaired) electrons. The molecule has 1 unspecified atom stereocenters. The first-order valence-electron chi connectivity index (χ1n) is 5.45. The Labute approximate surface area is 94.2 Å². The van der Waals surface area contributed by atoms with Crippen molar-refractivity contribution in [3.8, 4) is 5.75 Å². The quantitative estimate of drug-likeness (QED) is 0.808. The van der Waals surface area contributed by atoms with Gasteiger partial charge in [-0.1, -0.05) is 12.1 Å². The molecule has 16 heavy (non-hydrogen) atoms. The van der Waals surface area contributed by atoms with Crippen LogP contribution in [0.2, 0.25) is 0 Å². The van der Waals surface area contributed by atoms with Crippen LogP contribution in [0.15, 0.2) is 24.3 Å². The van der Waals surface area contributed by atoms with Gasteiger partial charge >= 0.3 is 0 Å². The number of aromatic hydroxyl groups is 1. The molecule has 4 heteroatoms. The lowest BCUT2D eigenvalue weighted by atomic mass is 10.2. The Balaban J connectivity index is 1.90. The fourth-order valence-corrected chi connectivity index (χ4v) is 1.77. The first-order chi connectivity index (χ1) is 7.77. The summed E-state index contributed by atoms with van der Waals surface area (Å²) < 4.78 is 5.39. The summed E-state index contributed by atoms with van der Waals surface area (Å²) in [6, 6.07) is 6.51. The van der Waals surface area contributed by atoms with Gasteiger partial charge in [0.25, 0.3) is 5.91 Å². The van der Waals surface area contributed by atoms with Crippen LogP contribution in [0, 0.1) is 0 Å². The van der Waals surface area contributed by atoms with Gasteiger partial charge in [0, 0.05) is 13.2 Å². The highest BCUT2D eigenvalue weighted by Gasteiger charge is 2.17. The minimum Gasteiger partial charge on any atom is -0.507 e. The average molecular weight is 221 g/mol. The Morgan fingerprint density at radius 2 is 2.31 bits per heavy atom. The highest BCUT2D eigenvalue weighted by atomic mass is 16.5. The van der Waals surface area contributed by atoms with Crippen LogP contribution < -0.4 is 5.32 Å². The highest BCUT2D eigenvalue weighted by molar-refractivity contribution is 5.96. The lowest BCUT2D eigenvalue weighted by Crippen LogP contribution is -2.31. The first kappa shape index (κ1) is 11.0. The molecule has 1 aliphatic rings. The van der Waals surface area contributed by atoms with Crippen LogP contribution in [0.5, 0.6) is 5.75 Å². The van der Waals surface area contributed by atoms with Gasteiger partial charge in [-0.15, -0.1) is 0 Å². The summed E-state index contributed by atoms with van der Waals surface area (Å²) >= 11 is 0. The van der Waals surface area contributed by atoms with E-state index in [0.717, 1.165) is 19.4 Å². The van der Waals surface area contributed by atoms with E-state index in [-0.39, 0.29) is 17.8 Å². The molecule has 86 valence electrons. The van der Waals surface area contributed by atoms with Crippen molar-refractivity contribution in [2.45, 2.75) is 18.9 Å². The van der Waals surface area contributed by atoms with E-state index < -0.39 is 0 Å². The SMILES string of the molecule is O=C(NCC1CCCO1)c1ccccc1O. The Morgan fingerprint density at radius 3 is 3.00 bits per heavy atom. The van der Waals surface area contributed by atoms with Crippen LogP contribution in [0.25, 0.3) is 0 Å². The summed E-state index contributed by atoms with van der Waals surface area (Å²) in [4.78, 5) is 11.7. The van der Waals surface area contributed by atoms with E-state index >= 15 is 0 Å². The molecule has 0 saturated carbocycles. The van der Waals surface area contributed by atoms with Gasteiger partial charge in [-0.05, 0) is 25.0 Å². The molecule has 1 aliphatic heterocycles. The number of nitrogens with one attached hydrogen (secondary N) is 1. The minimum absolute atomic E-state index is 0.00680. The van der Waals surface area contributed by atoms with Gasteiger partial charge < -0.3 is 15.2 Å². The molecular weight excluding hydrogens is 206 g/mol. The Bertz CT molecular complexity index is 372. The van der Waals surface area contributed by atoms with Crippen molar-refractivity contribution in [2.24, 2.45) is 0 Å². The zero-order valence-electron chi connectivity index (χ0n) is 8.98. The molecule has 2 N–H and O–H groups in total. The van der Waals surface area contributed by atoms with Gasteiger partial charge in [-0.2, -0.15) is 0 Å². The standard InChI is InChI=1S/C12H15NO3/c14-11-6-2-1-5-10(11)12(15)13-8-9-4-3-7-16-9/h1-2,5-6,9,14H,3-4,7-8H2,(H,13,15). The third-order valence-corrected chi connectivity index (χ3v) is 2.66. The van der Waals surface area contributed by atoms with E-state index in [1.165, 1.54) is 6.07 Å². The number of para-hydroxylation sites is 1. The maximum atomic E-state index is 11.7. The van der Waals surface area contributed by atoms with E-state index in [4.69, 9.17) is 4.74 Å². The van der Waals surface area contributed by atoms with Crippen LogP contribution >= 0.6 is 0 Å². The van der Waals surface area contributed by atoms with Gasteiger partial charge in [0.15, 0.2) is 0 Å². The third-order valence-electron chi connectivity index (χ3n) is 2.66. The van der Waals surface area contributed by atoms with Crippen molar-refractivity contribution >= 4 is 5.91 Å². The van der Waals surface area contributed by atoms with E-state index in [1.54, 1.807) is 18.2 Å². The number of benzene rings is 1. The molecule has 1 heterocycles. The normalized spacial score (nSPS) is 19.6. The summed E-state index contributed by atoms with van der Waals surface area (Å²) in [5.74, 6) is -0.249. The van der Waals surface area contributed by atoms with Gasteiger partial charge in [0.1, 0.15) is 5.75 Å². The number of hydrogen-bond acceptors (Lipinski definition) is 3. The number of ether oxygens (including phenoxy) is 1. The molecule has 4 nitrogen and oxygen atoms in total. The molecule has 1 atom stereocenters. The number of rotatable bonds is 3. The number of phenolic OH excluding ortho intramolecular Hbond substituents is 1. The molecule has 1 aromatic rings. The van der Waals surface area contributed by atoms with Crippen LogP contribution in [0.3, 0.4) is 0 Å². The van der Waals surface area contributed by atoms with Crippen LogP contribution in [-0.2, 0) is 4.74 Å². The van der Waals surface area contributed by atoms with Gasteiger partial charge in [-0.3, -0.25) is 4.79 Å². The Hall–Kier alpha value is -1.55. The summed E-state index contributed by atoms with van der Waals surface area (Å²) in [7, 11) is 0. The Kier molecular flexibility index (Phi) is 3.41. The molecule has 0 spiro atoms. The maximum Gasteiger partial charge on any atom is 0.255 e. The fourth-order valence-electron chi connectivity index (χ4n) is 1.77. The number of amides is 1. The zero-order chi connectivity index (χ0) is 11.4. The van der Waals surface area contributed by atoms with Crippen molar-refractivity contribution in [3.63, 3.8) is 0 Å². The molecule has 1 fully saturated rings. The second-order valence-electron chi connectivity index (χ2n) is 3.86. The van der Waals surface area contributed by atoms with Crippen molar-refractivity contribution in [1.82, 2.24) is 5.32 Å². The summed E-state index contributed by atoms with van der Waals surface area (Å²) in [6.07, 6.45) is 2.16. The largest absolute Gasteiger partial charge is 0.507 e. The summed E-state index contributed by atoms with van der Waals surface area (Å²) in [5, 5.41) is 12.2. The van der Waals surface area contributed by atoms with Crippen molar-refractivity contribution in [2.75, 3.05) is 13.2 Å². The summed E-state index contributed by atoms with van der Waals surface area (Å²) in [6.45, 7) is 1.28. The maximum absolute atomic E-state index is 11.7. The second kappa shape index (κ2) is 4.99. The van der Waals surface area contributed by atoms with E-state index in [0.29, 0.717) is 12.1 Å². The molecule has 1 saturated heterocycles. The first-order valence-corrected chi connectivity index (χ1v) is 5.45. The lowest BCUT2D eigenvalue weighted by Gasteiger charge is -2.11. The average Bonchev–Trinajstić information content (AvgIpc) is 2.79. The van der Waals surface area contributed by atoms with Gasteiger partial charge in [0.2, 0.25) is 0 Å². The molecular formula is C12H15NO3. The van der Waals surface area contributed by atoms with E-state index in [2.05, 4.69) is 5.32 Å². The van der Waals surface area contributed by atoms with Crippen molar-refractivity contribution in [3.05, 3.63) is 29.8 Å². The van der Waals surface area contributed by atoms with E-state index in [9.17, 15) is 9.90 Å². The third kappa shape index (κ3) is 2.52. The van der Waals surface area contributed by atoms with Crippen LogP contribution in [0.1, 0.15) is 23.2 Å². The molecule has 1 aromatic carbocycles. The minimum atomic E-state index is -0.256. The van der Waals surface area contributed by atoms with Crippen molar-refractivity contribution in [1.29, 1.82) is 0 Å². The molecule has 1 amide bonds. The molecule has 0 bridgehead atoms. The Morgan fingerprint density at radius 1 is 1.50 bits per heavy atom. The monoisotopic (exact) mass is 221 g/mol. The smallest absolute Gasteiger partial charge is 0.255 e. The number of hydrogen-bond donors (Lipinski definition) is 2. The predicted octanol–water partition coefficient (Wildman–Crippen LogP) is 1.30. The number of carbonyl (C=O) groups excluding carboxylic acids is 1. The second-order valence-corrected chi connectivity index (χ2v) is 3.86. The van der Waals surface area contributed by atoms with Crippen LogP contribution in [0.4, 0.5) is 0 Å². The van der Waals surface area contributed by atoms with Crippen LogP contribution in [-0.4, -0.2) is 30.3 Å². The number of phenols is 1. The fraction of sp³-hybridized carbons (Fsp3) is 0.417. The highest BCUT2D eigenvalue weighted by Crippen LogP contribution is 2.15. The van der Waals surface area contributed by atoms with E-state index in [1.807, 2.05) is 0 Å². The van der Waals surface area contributed by atoms with Crippen molar-refractivity contribution < 1.29 is 14.6 Å². The number of carbonyl (C=O) groups is 1. The topological polar surface area (TPSA) is 58.6 Å². The van der Waals surface area contributed by atoms with Gasteiger partial charge in [0.05, 0.1) is 11.7 Å². The molecule has 2 rings (SSSR count). The zero-order valence-corrected chi connectivity index (χ0v) is 8.98. The lowest BCUT2D eigenvalue weighted by molar-refractivity contribution is 0.0855. The molecule has 0 aromatic heterocycles. The molecule has 0 aliphatic carbocycles. The predicted molar refractivity (Wildman–Crippen MR) is 59.4 cm³/mol. The van der Waals surface area contributed by atoms with Gasteiger partial charge in [-0.25, -0.2) is 0 Å². The summed E-state index contributed by atoms with van der Waals surface area (Å²) in [5.41, 5.74) is 0.306.